The number of benzene rings is 1. The summed E-state index contributed by atoms with van der Waals surface area (Å²) in [6, 6.07) is 8.60. The molecule has 0 spiro atoms. The third-order valence-corrected chi connectivity index (χ3v) is 5.95. The summed E-state index contributed by atoms with van der Waals surface area (Å²) in [6.07, 6.45) is 9.44. The molecule has 0 saturated carbocycles. The molecule has 1 saturated heterocycles. The lowest BCUT2D eigenvalue weighted by Crippen LogP contribution is -2.40. The molecule has 1 aliphatic heterocycles. The first-order valence-electron chi connectivity index (χ1n) is 12.6. The summed E-state index contributed by atoms with van der Waals surface area (Å²) >= 11 is 0. The van der Waals surface area contributed by atoms with Gasteiger partial charge in [-0.3, -0.25) is 4.98 Å². The van der Waals surface area contributed by atoms with Gasteiger partial charge in [0.05, 0.1) is 0 Å². The Labute approximate surface area is 199 Å². The molecule has 6 heteroatoms. The maximum absolute atomic E-state index is 11.7. The van der Waals surface area contributed by atoms with Crippen molar-refractivity contribution in [2.75, 3.05) is 26.2 Å². The van der Waals surface area contributed by atoms with E-state index in [0.717, 1.165) is 62.0 Å². The fraction of sp³-hybridized carbons (Fsp3) is 0.630. The number of piperidine rings is 1. The number of unbranched alkanes of at least 4 members (excludes halogenated alkanes) is 2. The van der Waals surface area contributed by atoms with Gasteiger partial charge in [-0.15, -0.1) is 0 Å². The molecular formula is C27H41N3O3. The van der Waals surface area contributed by atoms with Crippen molar-refractivity contribution in [3.05, 3.63) is 36.0 Å². The molecular weight excluding hydrogens is 414 g/mol. The Bertz CT molecular complexity index is 886. The zero-order chi connectivity index (χ0) is 23.7. The summed E-state index contributed by atoms with van der Waals surface area (Å²) in [5.74, 6) is 0.930. The summed E-state index contributed by atoms with van der Waals surface area (Å²) < 4.78 is 11.8. The normalized spacial score (nSPS) is 15.5. The first kappa shape index (κ1) is 25.3. The van der Waals surface area contributed by atoms with Gasteiger partial charge in [-0.25, -0.2) is 4.79 Å². The van der Waals surface area contributed by atoms with Crippen LogP contribution >= 0.6 is 0 Å². The predicted molar refractivity (Wildman–Crippen MR) is 134 cm³/mol. The molecule has 33 heavy (non-hydrogen) atoms. The van der Waals surface area contributed by atoms with Gasteiger partial charge in [0.2, 0.25) is 0 Å². The van der Waals surface area contributed by atoms with Crippen LogP contribution in [-0.2, 0) is 11.2 Å². The lowest BCUT2D eigenvalue weighted by Gasteiger charge is -2.32. The number of amides is 1. The number of alkyl carbamates (subject to hydrolysis) is 1. The average Bonchev–Trinajstić information content (AvgIpc) is 2.77. The highest BCUT2D eigenvalue weighted by Crippen LogP contribution is 2.29. The molecule has 1 aliphatic rings. The fourth-order valence-electron chi connectivity index (χ4n) is 4.27. The number of nitrogens with one attached hydrogen (secondary N) is 1. The highest BCUT2D eigenvalue weighted by atomic mass is 16.6. The number of fused-ring (bicyclic) bond motifs is 1. The Balaban J connectivity index is 1.46. The quantitative estimate of drug-likeness (QED) is 0.464. The van der Waals surface area contributed by atoms with E-state index in [2.05, 4.69) is 40.3 Å². The summed E-state index contributed by atoms with van der Waals surface area (Å²) in [5, 5.41) is 4.00. The Morgan fingerprint density at radius 3 is 2.70 bits per heavy atom. The molecule has 2 heterocycles. The van der Waals surface area contributed by atoms with Crippen molar-refractivity contribution in [3.8, 4) is 5.75 Å². The van der Waals surface area contributed by atoms with E-state index >= 15 is 0 Å². The first-order valence-corrected chi connectivity index (χ1v) is 12.6. The third-order valence-electron chi connectivity index (χ3n) is 5.95. The van der Waals surface area contributed by atoms with Crippen molar-refractivity contribution < 1.29 is 14.3 Å². The Kier molecular flexibility index (Phi) is 9.36. The van der Waals surface area contributed by atoms with Crippen LogP contribution in [0.15, 0.2) is 30.5 Å². The highest BCUT2D eigenvalue weighted by Gasteiger charge is 2.22. The van der Waals surface area contributed by atoms with Gasteiger partial charge in [0, 0.05) is 31.2 Å². The molecule has 2 aromatic rings. The number of aromatic nitrogens is 1. The number of nitrogens with zero attached hydrogens (tertiary/aromatic N) is 2. The molecule has 0 atom stereocenters. The molecule has 1 aromatic heterocycles. The fourth-order valence-corrected chi connectivity index (χ4v) is 4.27. The monoisotopic (exact) mass is 455 g/mol. The molecule has 3 rings (SSSR count). The SMILES string of the molecule is CCCCCc1cc(OC2CCN(CCCNC(=O)OC(C)(C)C)CC2)c2ncccc2c1. The number of likely N-dealkylation sites (tertiary alicyclic amines) is 1. The van der Waals surface area contributed by atoms with Gasteiger partial charge in [0.25, 0.3) is 0 Å². The van der Waals surface area contributed by atoms with Crippen molar-refractivity contribution >= 4 is 17.0 Å². The largest absolute Gasteiger partial charge is 0.488 e. The number of rotatable bonds is 10. The van der Waals surface area contributed by atoms with Crippen LogP contribution in [-0.4, -0.2) is 53.9 Å². The second kappa shape index (κ2) is 12.2. The van der Waals surface area contributed by atoms with Crippen LogP contribution < -0.4 is 10.1 Å². The zero-order valence-corrected chi connectivity index (χ0v) is 20.9. The van der Waals surface area contributed by atoms with Crippen LogP contribution in [0, 0.1) is 0 Å². The lowest BCUT2D eigenvalue weighted by atomic mass is 10.0. The van der Waals surface area contributed by atoms with Crippen LogP contribution in [0.5, 0.6) is 5.75 Å². The highest BCUT2D eigenvalue weighted by molar-refractivity contribution is 5.85. The minimum Gasteiger partial charge on any atom is -0.488 e. The van der Waals surface area contributed by atoms with Gasteiger partial charge in [0.1, 0.15) is 23.0 Å². The minimum atomic E-state index is -0.457. The van der Waals surface area contributed by atoms with Crippen molar-refractivity contribution in [2.45, 2.75) is 84.3 Å². The second-order valence-corrected chi connectivity index (χ2v) is 10.1. The molecule has 1 fully saturated rings. The Morgan fingerprint density at radius 2 is 1.97 bits per heavy atom. The van der Waals surface area contributed by atoms with Gasteiger partial charge in [-0.2, -0.15) is 0 Å². The molecule has 1 amide bonds. The number of ether oxygens (including phenoxy) is 2. The maximum atomic E-state index is 11.7. The van der Waals surface area contributed by atoms with Crippen molar-refractivity contribution in [2.24, 2.45) is 0 Å². The van der Waals surface area contributed by atoms with Gasteiger partial charge in [0.15, 0.2) is 0 Å². The number of pyridine rings is 1. The summed E-state index contributed by atoms with van der Waals surface area (Å²) in [7, 11) is 0. The average molecular weight is 456 g/mol. The van der Waals surface area contributed by atoms with Crippen LogP contribution in [0.3, 0.4) is 0 Å². The molecule has 0 bridgehead atoms. The number of hydrogen-bond donors (Lipinski definition) is 1. The van der Waals surface area contributed by atoms with E-state index in [1.165, 1.54) is 24.8 Å². The minimum absolute atomic E-state index is 0.220. The molecule has 1 aromatic carbocycles. The first-order chi connectivity index (χ1) is 15.8. The van der Waals surface area contributed by atoms with Crippen LogP contribution in [0.2, 0.25) is 0 Å². The lowest BCUT2D eigenvalue weighted by molar-refractivity contribution is 0.0523. The number of hydrogen-bond acceptors (Lipinski definition) is 5. The topological polar surface area (TPSA) is 63.7 Å². The van der Waals surface area contributed by atoms with Gasteiger partial charge in [-0.1, -0.05) is 25.8 Å². The number of carbonyl (C=O) groups is 1. The van der Waals surface area contributed by atoms with E-state index < -0.39 is 5.60 Å². The van der Waals surface area contributed by atoms with Crippen LogP contribution in [0.4, 0.5) is 4.79 Å². The van der Waals surface area contributed by atoms with E-state index in [0.29, 0.717) is 6.54 Å². The molecule has 6 nitrogen and oxygen atoms in total. The molecule has 1 N–H and O–H groups in total. The van der Waals surface area contributed by atoms with E-state index in [1.807, 2.05) is 33.0 Å². The number of carbonyl (C=O) groups excluding carboxylic acids is 1. The molecule has 182 valence electrons. The summed E-state index contributed by atoms with van der Waals surface area (Å²) in [5.41, 5.74) is 1.85. The van der Waals surface area contributed by atoms with Crippen LogP contribution in [0.1, 0.15) is 71.8 Å². The van der Waals surface area contributed by atoms with Gasteiger partial charge in [-0.05, 0) is 83.2 Å². The Hall–Kier alpha value is -2.34. The van der Waals surface area contributed by atoms with E-state index in [4.69, 9.17) is 9.47 Å². The molecule has 0 radical (unpaired) electrons. The standard InChI is InChI=1S/C27H41N3O3/c1-5-6-7-10-21-19-22-11-8-14-28-25(22)24(20-21)32-23-12-17-30(18-13-23)16-9-15-29-26(31)33-27(2,3)4/h8,11,14,19-20,23H,5-7,9-10,12-13,15-18H2,1-4H3,(H,29,31). The van der Waals surface area contributed by atoms with Crippen LogP contribution in [0.25, 0.3) is 10.9 Å². The van der Waals surface area contributed by atoms with Crippen molar-refractivity contribution in [3.63, 3.8) is 0 Å². The second-order valence-electron chi connectivity index (χ2n) is 10.1. The summed E-state index contributed by atoms with van der Waals surface area (Å²) in [4.78, 5) is 18.8. The van der Waals surface area contributed by atoms with E-state index in [9.17, 15) is 4.79 Å². The Morgan fingerprint density at radius 1 is 1.18 bits per heavy atom. The van der Waals surface area contributed by atoms with Gasteiger partial charge >= 0.3 is 6.09 Å². The molecule has 0 unspecified atom stereocenters. The van der Waals surface area contributed by atoms with Crippen molar-refractivity contribution in [1.29, 1.82) is 0 Å². The van der Waals surface area contributed by atoms with Gasteiger partial charge < -0.3 is 19.7 Å². The van der Waals surface area contributed by atoms with Crippen molar-refractivity contribution in [1.82, 2.24) is 15.2 Å². The predicted octanol–water partition coefficient (Wildman–Crippen LogP) is 5.73. The van der Waals surface area contributed by atoms with E-state index in [-0.39, 0.29) is 12.2 Å². The zero-order valence-electron chi connectivity index (χ0n) is 20.9. The van der Waals surface area contributed by atoms with E-state index in [1.54, 1.807) is 0 Å². The third kappa shape index (κ3) is 8.50. The maximum Gasteiger partial charge on any atom is 0.407 e. The molecule has 0 aliphatic carbocycles. The number of aryl methyl sites for hydroxylation is 1. The smallest absolute Gasteiger partial charge is 0.407 e. The summed E-state index contributed by atoms with van der Waals surface area (Å²) in [6.45, 7) is 11.5.